The molecular weight excluding hydrogens is 201 g/mol. The van der Waals surface area contributed by atoms with E-state index in [4.69, 9.17) is 10.8 Å². The molecule has 1 aromatic rings. The second-order valence-corrected chi connectivity index (χ2v) is 3.07. The van der Waals surface area contributed by atoms with Gasteiger partial charge >= 0.3 is 6.09 Å². The molecule has 0 heterocycles. The zero-order valence-corrected chi connectivity index (χ0v) is 8.02. The predicted molar refractivity (Wildman–Crippen MR) is 51.6 cm³/mol. The largest absolute Gasteiger partial charge is 0.444 e. The lowest BCUT2D eigenvalue weighted by atomic mass is 10.1. The lowest BCUT2D eigenvalue weighted by Gasteiger charge is -2.13. The highest BCUT2D eigenvalue weighted by Gasteiger charge is 2.11. The van der Waals surface area contributed by atoms with Crippen LogP contribution in [0.3, 0.4) is 0 Å². The van der Waals surface area contributed by atoms with Crippen molar-refractivity contribution < 1.29 is 19.0 Å². The highest BCUT2D eigenvalue weighted by atomic mass is 19.1. The number of ether oxygens (including phenoxy) is 1. The molecule has 0 radical (unpaired) electrons. The van der Waals surface area contributed by atoms with E-state index in [0.29, 0.717) is 6.42 Å². The Labute approximate surface area is 86.5 Å². The Bertz CT molecular complexity index is 326. The Balaban J connectivity index is 2.58. The first-order valence-electron chi connectivity index (χ1n) is 4.43. The van der Waals surface area contributed by atoms with Gasteiger partial charge in [0.2, 0.25) is 0 Å². The van der Waals surface area contributed by atoms with Gasteiger partial charge in [0.15, 0.2) is 0 Å². The number of primary amides is 1. The number of carbonyl (C=O) groups excluding carboxylic acids is 1. The van der Waals surface area contributed by atoms with Crippen LogP contribution < -0.4 is 5.73 Å². The number of hydrogen-bond donors (Lipinski definition) is 2. The smallest absolute Gasteiger partial charge is 0.404 e. The minimum absolute atomic E-state index is 0.305. The van der Waals surface area contributed by atoms with Crippen molar-refractivity contribution in [3.8, 4) is 0 Å². The van der Waals surface area contributed by atoms with E-state index >= 15 is 0 Å². The molecule has 82 valence electrons. The minimum Gasteiger partial charge on any atom is -0.444 e. The van der Waals surface area contributed by atoms with E-state index in [0.717, 1.165) is 5.56 Å². The number of aliphatic hydroxyl groups excluding tert-OH is 1. The normalized spacial score (nSPS) is 12.1. The van der Waals surface area contributed by atoms with Crippen LogP contribution in [0.4, 0.5) is 9.18 Å². The first kappa shape index (κ1) is 11.5. The van der Waals surface area contributed by atoms with E-state index in [1.54, 1.807) is 12.1 Å². The summed E-state index contributed by atoms with van der Waals surface area (Å²) in [6.07, 6.45) is -1.32. The number of carbonyl (C=O) groups is 1. The molecule has 5 heteroatoms. The van der Waals surface area contributed by atoms with Crippen molar-refractivity contribution in [3.05, 3.63) is 35.6 Å². The van der Waals surface area contributed by atoms with Crippen LogP contribution in [-0.2, 0) is 11.2 Å². The summed E-state index contributed by atoms with van der Waals surface area (Å²) in [5.74, 6) is -0.338. The topological polar surface area (TPSA) is 72.6 Å². The van der Waals surface area contributed by atoms with Crippen LogP contribution in [-0.4, -0.2) is 23.9 Å². The first-order chi connectivity index (χ1) is 7.11. The van der Waals surface area contributed by atoms with Gasteiger partial charge in [-0.2, -0.15) is 0 Å². The van der Waals surface area contributed by atoms with Gasteiger partial charge in [-0.25, -0.2) is 9.18 Å². The van der Waals surface area contributed by atoms with Crippen molar-refractivity contribution >= 4 is 6.09 Å². The highest BCUT2D eigenvalue weighted by Crippen LogP contribution is 2.07. The fraction of sp³-hybridized carbons (Fsp3) is 0.300. The Morgan fingerprint density at radius 3 is 2.53 bits per heavy atom. The van der Waals surface area contributed by atoms with Crippen LogP contribution in [0.5, 0.6) is 0 Å². The van der Waals surface area contributed by atoms with Gasteiger partial charge in [-0.15, -0.1) is 0 Å². The van der Waals surface area contributed by atoms with Crippen molar-refractivity contribution in [1.29, 1.82) is 0 Å². The Morgan fingerprint density at radius 1 is 1.47 bits per heavy atom. The maximum Gasteiger partial charge on any atom is 0.404 e. The van der Waals surface area contributed by atoms with Crippen LogP contribution in [0.25, 0.3) is 0 Å². The fourth-order valence-corrected chi connectivity index (χ4v) is 1.19. The van der Waals surface area contributed by atoms with Crippen molar-refractivity contribution in [2.45, 2.75) is 12.5 Å². The second kappa shape index (κ2) is 5.31. The molecule has 0 spiro atoms. The molecule has 0 saturated heterocycles. The summed E-state index contributed by atoms with van der Waals surface area (Å²) in [4.78, 5) is 10.4. The van der Waals surface area contributed by atoms with E-state index in [9.17, 15) is 9.18 Å². The average Bonchev–Trinajstić information content (AvgIpc) is 2.19. The number of nitrogens with two attached hydrogens (primary N) is 1. The zero-order chi connectivity index (χ0) is 11.3. The molecule has 3 N–H and O–H groups in total. The molecule has 0 fully saturated rings. The number of benzene rings is 1. The summed E-state index contributed by atoms with van der Waals surface area (Å²) in [6, 6.07) is 5.72. The summed E-state index contributed by atoms with van der Waals surface area (Å²) < 4.78 is 17.2. The molecule has 1 unspecified atom stereocenters. The third kappa shape index (κ3) is 3.95. The van der Waals surface area contributed by atoms with Gasteiger partial charge < -0.3 is 15.6 Å². The van der Waals surface area contributed by atoms with Crippen LogP contribution in [0, 0.1) is 5.82 Å². The van der Waals surface area contributed by atoms with E-state index in [2.05, 4.69) is 4.74 Å². The molecule has 0 aliphatic heterocycles. The third-order valence-electron chi connectivity index (χ3n) is 1.86. The summed E-state index contributed by atoms with van der Waals surface area (Å²) in [7, 11) is 0. The fourth-order valence-electron chi connectivity index (χ4n) is 1.19. The van der Waals surface area contributed by atoms with Crippen molar-refractivity contribution in [1.82, 2.24) is 0 Å². The number of halogens is 1. The molecule has 1 rings (SSSR count). The maximum atomic E-state index is 12.6. The van der Waals surface area contributed by atoms with Crippen molar-refractivity contribution in [2.24, 2.45) is 5.73 Å². The van der Waals surface area contributed by atoms with Gasteiger partial charge in [0.1, 0.15) is 11.9 Å². The Kier molecular flexibility index (Phi) is 4.05. The molecule has 4 nitrogen and oxygen atoms in total. The number of amides is 1. The van der Waals surface area contributed by atoms with Crippen LogP contribution in [0.1, 0.15) is 5.56 Å². The minimum atomic E-state index is -0.934. The van der Waals surface area contributed by atoms with Gasteiger partial charge in [0, 0.05) is 6.42 Å². The van der Waals surface area contributed by atoms with Gasteiger partial charge in [0.25, 0.3) is 0 Å². The molecule has 0 aliphatic carbocycles. The van der Waals surface area contributed by atoms with E-state index in [1.807, 2.05) is 0 Å². The summed E-state index contributed by atoms with van der Waals surface area (Å²) >= 11 is 0. The molecule has 0 saturated carbocycles. The molecule has 1 amide bonds. The second-order valence-electron chi connectivity index (χ2n) is 3.07. The molecule has 1 atom stereocenters. The Morgan fingerprint density at radius 2 is 2.07 bits per heavy atom. The monoisotopic (exact) mass is 213 g/mol. The average molecular weight is 213 g/mol. The summed E-state index contributed by atoms with van der Waals surface area (Å²) in [6.45, 7) is -0.319. The third-order valence-corrected chi connectivity index (χ3v) is 1.86. The number of aliphatic hydroxyl groups is 1. The lowest BCUT2D eigenvalue weighted by molar-refractivity contribution is 0.0639. The van der Waals surface area contributed by atoms with E-state index < -0.39 is 12.2 Å². The van der Waals surface area contributed by atoms with Crippen molar-refractivity contribution in [2.75, 3.05) is 6.61 Å². The molecule has 0 bridgehead atoms. The lowest BCUT2D eigenvalue weighted by Crippen LogP contribution is -2.27. The zero-order valence-electron chi connectivity index (χ0n) is 8.02. The Hall–Kier alpha value is -1.62. The van der Waals surface area contributed by atoms with Crippen LogP contribution >= 0.6 is 0 Å². The van der Waals surface area contributed by atoms with Gasteiger partial charge in [-0.1, -0.05) is 12.1 Å². The van der Waals surface area contributed by atoms with Gasteiger partial charge in [-0.05, 0) is 17.7 Å². The van der Waals surface area contributed by atoms with Crippen LogP contribution in [0.15, 0.2) is 24.3 Å². The standard InChI is InChI=1S/C10H12FNO3/c11-8-3-1-7(2-4-8)5-9(6-13)15-10(12)14/h1-4,9,13H,5-6H2,(H2,12,14). The maximum absolute atomic E-state index is 12.6. The quantitative estimate of drug-likeness (QED) is 0.777. The summed E-state index contributed by atoms with van der Waals surface area (Å²) in [5.41, 5.74) is 5.58. The molecule has 15 heavy (non-hydrogen) atoms. The highest BCUT2D eigenvalue weighted by molar-refractivity contribution is 5.64. The molecule has 0 aromatic heterocycles. The van der Waals surface area contributed by atoms with Crippen LogP contribution in [0.2, 0.25) is 0 Å². The van der Waals surface area contributed by atoms with E-state index in [-0.39, 0.29) is 12.4 Å². The molecule has 0 aliphatic rings. The molecule has 1 aromatic carbocycles. The predicted octanol–water partition coefficient (Wildman–Crippen LogP) is 0.824. The van der Waals surface area contributed by atoms with E-state index in [1.165, 1.54) is 12.1 Å². The number of hydrogen-bond acceptors (Lipinski definition) is 3. The van der Waals surface area contributed by atoms with Crippen molar-refractivity contribution in [3.63, 3.8) is 0 Å². The van der Waals surface area contributed by atoms with Gasteiger partial charge in [0.05, 0.1) is 6.61 Å². The molecular formula is C10H12FNO3. The van der Waals surface area contributed by atoms with Gasteiger partial charge in [-0.3, -0.25) is 0 Å². The summed E-state index contributed by atoms with van der Waals surface area (Å²) in [5, 5.41) is 8.88. The first-order valence-corrected chi connectivity index (χ1v) is 4.43. The SMILES string of the molecule is NC(=O)OC(CO)Cc1ccc(F)cc1. The number of rotatable bonds is 4.